The van der Waals surface area contributed by atoms with E-state index in [1.807, 2.05) is 13.8 Å². The number of Topliss-reactive ketones (excluding diaryl/α,β-unsaturated/α-hetero) is 1. The Bertz CT molecular complexity index is 361. The number of hydrogen-bond donors (Lipinski definition) is 0. The van der Waals surface area contributed by atoms with E-state index in [-0.39, 0.29) is 11.4 Å². The molecule has 5 heteroatoms. The molecule has 1 aliphatic rings. The number of likely N-dealkylation sites (N-methyl/N-ethyl adjacent to an activating group) is 1. The number of carbonyl (C=O) groups is 1. The van der Waals surface area contributed by atoms with Gasteiger partial charge in [0.05, 0.1) is 24.4 Å². The van der Waals surface area contributed by atoms with Crippen molar-refractivity contribution < 1.29 is 14.3 Å². The Morgan fingerprint density at radius 2 is 1.48 bits per heavy atom. The molecule has 0 aliphatic carbocycles. The second-order valence-electron chi connectivity index (χ2n) is 7.99. The molecule has 0 aromatic heterocycles. The fourth-order valence-electron chi connectivity index (χ4n) is 2.86. The van der Waals surface area contributed by atoms with Gasteiger partial charge in [0.1, 0.15) is 5.78 Å². The van der Waals surface area contributed by atoms with E-state index in [9.17, 15) is 4.79 Å². The first-order valence-corrected chi connectivity index (χ1v) is 8.78. The van der Waals surface area contributed by atoms with Crippen LogP contribution in [-0.2, 0) is 14.3 Å². The van der Waals surface area contributed by atoms with E-state index in [4.69, 9.17) is 9.47 Å². The van der Waals surface area contributed by atoms with Crippen LogP contribution in [0.5, 0.6) is 0 Å². The highest BCUT2D eigenvalue weighted by molar-refractivity contribution is 5.76. The molecule has 1 aliphatic heterocycles. The third-order valence-corrected chi connectivity index (χ3v) is 4.37. The average Bonchev–Trinajstić information content (AvgIpc) is 2.42. The summed E-state index contributed by atoms with van der Waals surface area (Å²) >= 11 is 0. The van der Waals surface area contributed by atoms with E-state index in [0.717, 1.165) is 39.1 Å². The van der Waals surface area contributed by atoms with Crippen LogP contribution in [0.1, 0.15) is 47.5 Å². The molecule has 0 atom stereocenters. The van der Waals surface area contributed by atoms with Crippen molar-refractivity contribution in [3.63, 3.8) is 0 Å². The molecule has 0 amide bonds. The van der Waals surface area contributed by atoms with Crippen LogP contribution in [0.25, 0.3) is 0 Å². The largest absolute Gasteiger partial charge is 0.373 e. The van der Waals surface area contributed by atoms with Crippen molar-refractivity contribution in [2.45, 2.75) is 58.7 Å². The summed E-state index contributed by atoms with van der Waals surface area (Å²) in [5.41, 5.74) is -0.545. The lowest BCUT2D eigenvalue weighted by Gasteiger charge is -2.35. The maximum absolute atomic E-state index is 11.2. The molecule has 5 nitrogen and oxygen atoms in total. The molecule has 1 saturated heterocycles. The number of ketones is 1. The van der Waals surface area contributed by atoms with Gasteiger partial charge in [-0.15, -0.1) is 0 Å². The quantitative estimate of drug-likeness (QED) is 0.575. The first-order chi connectivity index (χ1) is 10.6. The Balaban J connectivity index is 2.18. The minimum absolute atomic E-state index is 0.141. The van der Waals surface area contributed by atoms with E-state index < -0.39 is 5.60 Å². The predicted octanol–water partition coefficient (Wildman–Crippen LogP) is 2.19. The van der Waals surface area contributed by atoms with Crippen molar-refractivity contribution in [1.82, 2.24) is 9.80 Å². The zero-order chi connectivity index (χ0) is 17.5. The third-order valence-electron chi connectivity index (χ3n) is 4.37. The molecule has 136 valence electrons. The van der Waals surface area contributed by atoms with Gasteiger partial charge >= 0.3 is 0 Å². The Morgan fingerprint density at radius 1 is 0.957 bits per heavy atom. The van der Waals surface area contributed by atoms with Crippen molar-refractivity contribution in [3.8, 4) is 0 Å². The summed E-state index contributed by atoms with van der Waals surface area (Å²) in [6.45, 7) is 16.6. The SMILES string of the molecule is CC(=O)CC(C)(C)OCCOC(C)(C)CCN1CCN(C)CC1. The highest BCUT2D eigenvalue weighted by Gasteiger charge is 2.23. The van der Waals surface area contributed by atoms with Crippen LogP contribution in [0.15, 0.2) is 0 Å². The Morgan fingerprint density at radius 3 is 2.00 bits per heavy atom. The highest BCUT2D eigenvalue weighted by atomic mass is 16.5. The number of piperazine rings is 1. The van der Waals surface area contributed by atoms with Crippen molar-refractivity contribution in [2.24, 2.45) is 0 Å². The molecular weight excluding hydrogens is 292 g/mol. The minimum atomic E-state index is -0.404. The summed E-state index contributed by atoms with van der Waals surface area (Å²) in [5, 5.41) is 0. The van der Waals surface area contributed by atoms with Gasteiger partial charge in [-0.2, -0.15) is 0 Å². The van der Waals surface area contributed by atoms with Crippen LogP contribution in [-0.4, -0.2) is 79.8 Å². The minimum Gasteiger partial charge on any atom is -0.373 e. The lowest BCUT2D eigenvalue weighted by atomic mass is 10.0. The molecule has 1 rings (SSSR count). The molecule has 0 spiro atoms. The van der Waals surface area contributed by atoms with Crippen molar-refractivity contribution in [3.05, 3.63) is 0 Å². The normalized spacial score (nSPS) is 18.3. The first kappa shape index (κ1) is 20.6. The van der Waals surface area contributed by atoms with Crippen molar-refractivity contribution in [2.75, 3.05) is 53.0 Å². The lowest BCUT2D eigenvalue weighted by molar-refractivity contribution is -0.126. The average molecular weight is 328 g/mol. The number of nitrogens with zero attached hydrogens (tertiary/aromatic N) is 2. The van der Waals surface area contributed by atoms with Gasteiger partial charge < -0.3 is 19.3 Å². The predicted molar refractivity (Wildman–Crippen MR) is 93.9 cm³/mol. The molecular formula is C18H36N2O3. The molecule has 0 N–H and O–H groups in total. The number of rotatable bonds is 10. The van der Waals surface area contributed by atoms with Crippen LogP contribution in [0.2, 0.25) is 0 Å². The molecule has 0 unspecified atom stereocenters. The number of carbonyl (C=O) groups excluding carboxylic acids is 1. The summed E-state index contributed by atoms with van der Waals surface area (Å²) in [4.78, 5) is 16.1. The number of hydrogen-bond acceptors (Lipinski definition) is 5. The van der Waals surface area contributed by atoms with E-state index in [1.165, 1.54) is 0 Å². The smallest absolute Gasteiger partial charge is 0.132 e. The molecule has 0 bridgehead atoms. The van der Waals surface area contributed by atoms with E-state index >= 15 is 0 Å². The van der Waals surface area contributed by atoms with Crippen LogP contribution in [0, 0.1) is 0 Å². The van der Waals surface area contributed by atoms with E-state index in [0.29, 0.717) is 19.6 Å². The summed E-state index contributed by atoms with van der Waals surface area (Å²) < 4.78 is 11.8. The van der Waals surface area contributed by atoms with Gasteiger partial charge in [0.15, 0.2) is 0 Å². The molecule has 0 radical (unpaired) electrons. The van der Waals surface area contributed by atoms with Crippen LogP contribution >= 0.6 is 0 Å². The molecule has 23 heavy (non-hydrogen) atoms. The molecule has 1 heterocycles. The summed E-state index contributed by atoms with van der Waals surface area (Å²) in [5.74, 6) is 0.156. The second-order valence-corrected chi connectivity index (χ2v) is 7.99. The van der Waals surface area contributed by atoms with E-state index in [2.05, 4.69) is 30.7 Å². The van der Waals surface area contributed by atoms with Gasteiger partial charge in [-0.05, 0) is 48.1 Å². The monoisotopic (exact) mass is 328 g/mol. The fourth-order valence-corrected chi connectivity index (χ4v) is 2.86. The van der Waals surface area contributed by atoms with Crippen molar-refractivity contribution in [1.29, 1.82) is 0 Å². The van der Waals surface area contributed by atoms with Crippen LogP contribution in [0.4, 0.5) is 0 Å². The Kier molecular flexibility index (Phi) is 8.14. The van der Waals surface area contributed by atoms with Gasteiger partial charge in [0, 0.05) is 39.1 Å². The molecule has 0 aromatic rings. The highest BCUT2D eigenvalue weighted by Crippen LogP contribution is 2.18. The zero-order valence-electron chi connectivity index (χ0n) is 16.0. The second kappa shape index (κ2) is 9.11. The van der Waals surface area contributed by atoms with Crippen LogP contribution < -0.4 is 0 Å². The fraction of sp³-hybridized carbons (Fsp3) is 0.944. The van der Waals surface area contributed by atoms with Gasteiger partial charge in [-0.1, -0.05) is 0 Å². The third kappa shape index (κ3) is 9.40. The first-order valence-electron chi connectivity index (χ1n) is 8.78. The van der Waals surface area contributed by atoms with Gasteiger partial charge in [-0.3, -0.25) is 4.79 Å². The van der Waals surface area contributed by atoms with Crippen LogP contribution in [0.3, 0.4) is 0 Å². The van der Waals surface area contributed by atoms with Gasteiger partial charge in [-0.25, -0.2) is 0 Å². The molecule has 1 fully saturated rings. The summed E-state index contributed by atoms with van der Waals surface area (Å²) in [6, 6.07) is 0. The Labute approximate surface area is 142 Å². The topological polar surface area (TPSA) is 42.0 Å². The molecule has 0 aromatic carbocycles. The Hall–Kier alpha value is -0.490. The zero-order valence-corrected chi connectivity index (χ0v) is 16.0. The molecule has 0 saturated carbocycles. The lowest BCUT2D eigenvalue weighted by Crippen LogP contribution is -2.46. The van der Waals surface area contributed by atoms with E-state index in [1.54, 1.807) is 6.92 Å². The van der Waals surface area contributed by atoms with Gasteiger partial charge in [0.25, 0.3) is 0 Å². The summed E-state index contributed by atoms with van der Waals surface area (Å²) in [6.07, 6.45) is 1.47. The van der Waals surface area contributed by atoms with Crippen molar-refractivity contribution >= 4 is 5.78 Å². The maximum Gasteiger partial charge on any atom is 0.132 e. The number of ether oxygens (including phenoxy) is 2. The van der Waals surface area contributed by atoms with Gasteiger partial charge in [0.2, 0.25) is 0 Å². The maximum atomic E-state index is 11.2. The standard InChI is InChI=1S/C18H36N2O3/c1-16(21)15-18(4,5)23-14-13-22-17(2,3)7-8-20-11-9-19(6)10-12-20/h7-15H2,1-6H3. The summed E-state index contributed by atoms with van der Waals surface area (Å²) in [7, 11) is 2.18.